The highest BCUT2D eigenvalue weighted by atomic mass is 19.4. The van der Waals surface area contributed by atoms with Gasteiger partial charge in [-0.05, 0) is 36.6 Å². The minimum absolute atomic E-state index is 0.0740. The molecule has 1 heterocycles. The van der Waals surface area contributed by atoms with Gasteiger partial charge in [-0.2, -0.15) is 0 Å². The summed E-state index contributed by atoms with van der Waals surface area (Å²) >= 11 is 0. The number of amides is 2. The van der Waals surface area contributed by atoms with E-state index in [0.717, 1.165) is 23.4 Å². The largest absolute Gasteiger partial charge is 0.573 e. The number of carbonyl (C=O) groups excluding carboxylic acids is 2. The second kappa shape index (κ2) is 7.69. The third-order valence-corrected chi connectivity index (χ3v) is 4.18. The molecule has 1 atom stereocenters. The summed E-state index contributed by atoms with van der Waals surface area (Å²) in [7, 11) is 0. The van der Waals surface area contributed by atoms with Crippen LogP contribution in [-0.2, 0) is 16.0 Å². The Hall–Kier alpha value is -3.03. The van der Waals surface area contributed by atoms with Crippen molar-refractivity contribution in [2.75, 3.05) is 10.6 Å². The average Bonchev–Trinajstić information content (AvgIpc) is 2.58. The lowest BCUT2D eigenvalue weighted by atomic mass is 9.89. The van der Waals surface area contributed by atoms with Gasteiger partial charge in [0, 0.05) is 29.8 Å². The maximum atomic E-state index is 12.3. The first-order chi connectivity index (χ1) is 12.8. The molecule has 8 heteroatoms. The van der Waals surface area contributed by atoms with Crippen LogP contribution < -0.4 is 15.4 Å². The summed E-state index contributed by atoms with van der Waals surface area (Å²) in [4.78, 5) is 24.2. The van der Waals surface area contributed by atoms with Crippen molar-refractivity contribution in [2.24, 2.45) is 5.92 Å². The van der Waals surface area contributed by atoms with Gasteiger partial charge in [0.05, 0.1) is 0 Å². The molecule has 0 spiro atoms. The third kappa shape index (κ3) is 5.22. The molecule has 1 aliphatic rings. The van der Waals surface area contributed by atoms with Crippen LogP contribution in [0.2, 0.25) is 0 Å². The van der Waals surface area contributed by atoms with Crippen molar-refractivity contribution in [3.8, 4) is 5.75 Å². The minimum Gasteiger partial charge on any atom is -0.406 e. The van der Waals surface area contributed by atoms with Crippen LogP contribution in [0.15, 0.2) is 48.5 Å². The number of hydrogen-bond donors (Lipinski definition) is 2. The number of carbonyl (C=O) groups is 2. The molecule has 142 valence electrons. The summed E-state index contributed by atoms with van der Waals surface area (Å²) in [6.07, 6.45) is -3.84. The van der Waals surface area contributed by atoms with E-state index in [1.807, 2.05) is 24.3 Å². The number of fused-ring (bicyclic) bond motifs is 1. The summed E-state index contributed by atoms with van der Waals surface area (Å²) in [5, 5.41) is 5.34. The van der Waals surface area contributed by atoms with Gasteiger partial charge in [-0.3, -0.25) is 9.59 Å². The second-order valence-corrected chi connectivity index (χ2v) is 6.21. The molecule has 2 N–H and O–H groups in total. The number of nitrogens with one attached hydrogen (secondary N) is 2. The van der Waals surface area contributed by atoms with Gasteiger partial charge in [-0.15, -0.1) is 13.2 Å². The lowest BCUT2D eigenvalue weighted by Gasteiger charge is -2.24. The van der Waals surface area contributed by atoms with Crippen LogP contribution in [0.25, 0.3) is 0 Å². The number of rotatable bonds is 5. The Balaban J connectivity index is 1.54. The molecule has 1 aliphatic heterocycles. The fourth-order valence-electron chi connectivity index (χ4n) is 2.95. The van der Waals surface area contributed by atoms with E-state index in [0.29, 0.717) is 12.8 Å². The minimum atomic E-state index is -4.80. The molecule has 1 unspecified atom stereocenters. The normalized spacial score (nSPS) is 16.3. The van der Waals surface area contributed by atoms with E-state index in [4.69, 9.17) is 0 Å². The molecule has 0 saturated carbocycles. The zero-order valence-electron chi connectivity index (χ0n) is 14.2. The maximum absolute atomic E-state index is 12.3. The van der Waals surface area contributed by atoms with Crippen LogP contribution in [0.4, 0.5) is 24.5 Å². The standard InChI is InChI=1S/C19H17F3N2O3/c20-19(21,22)27-15-6-3-5-14(11-15)23-17(25)9-8-13-10-12-4-1-2-7-16(12)24-18(13)26/h1-7,11,13H,8-10H2,(H,23,25)(H,24,26). The fourth-order valence-corrected chi connectivity index (χ4v) is 2.95. The highest BCUT2D eigenvalue weighted by Crippen LogP contribution is 2.28. The van der Waals surface area contributed by atoms with Gasteiger partial charge >= 0.3 is 6.36 Å². The highest BCUT2D eigenvalue weighted by Gasteiger charge is 2.31. The van der Waals surface area contributed by atoms with Crippen LogP contribution in [0.1, 0.15) is 18.4 Å². The number of para-hydroxylation sites is 1. The van der Waals surface area contributed by atoms with E-state index >= 15 is 0 Å². The van der Waals surface area contributed by atoms with Gasteiger partial charge in [-0.25, -0.2) is 0 Å². The molecule has 2 aromatic rings. The van der Waals surface area contributed by atoms with Crippen LogP contribution in [-0.4, -0.2) is 18.2 Å². The Bertz CT molecular complexity index is 852. The summed E-state index contributed by atoms with van der Waals surface area (Å²) in [6.45, 7) is 0. The molecule has 3 rings (SSSR count). The van der Waals surface area contributed by atoms with Crippen molar-refractivity contribution in [3.63, 3.8) is 0 Å². The Morgan fingerprint density at radius 3 is 2.74 bits per heavy atom. The van der Waals surface area contributed by atoms with Crippen molar-refractivity contribution < 1.29 is 27.5 Å². The van der Waals surface area contributed by atoms with E-state index < -0.39 is 12.1 Å². The zero-order chi connectivity index (χ0) is 19.4. The Labute approximate surface area is 153 Å². The average molecular weight is 378 g/mol. The van der Waals surface area contributed by atoms with Crippen molar-refractivity contribution >= 4 is 23.2 Å². The van der Waals surface area contributed by atoms with E-state index in [1.165, 1.54) is 12.1 Å². The van der Waals surface area contributed by atoms with Crippen molar-refractivity contribution in [1.82, 2.24) is 0 Å². The molecule has 0 aromatic heterocycles. The Morgan fingerprint density at radius 1 is 1.19 bits per heavy atom. The predicted molar refractivity (Wildman–Crippen MR) is 93.3 cm³/mol. The molecule has 0 bridgehead atoms. The molecule has 5 nitrogen and oxygen atoms in total. The van der Waals surface area contributed by atoms with E-state index in [-0.39, 0.29) is 29.8 Å². The van der Waals surface area contributed by atoms with E-state index in [2.05, 4.69) is 15.4 Å². The molecule has 2 amide bonds. The van der Waals surface area contributed by atoms with Crippen LogP contribution in [0.3, 0.4) is 0 Å². The topological polar surface area (TPSA) is 67.4 Å². The summed E-state index contributed by atoms with van der Waals surface area (Å²) in [5.41, 5.74) is 1.99. The summed E-state index contributed by atoms with van der Waals surface area (Å²) in [6, 6.07) is 12.5. The highest BCUT2D eigenvalue weighted by molar-refractivity contribution is 5.96. The lowest BCUT2D eigenvalue weighted by molar-refractivity contribution is -0.274. The van der Waals surface area contributed by atoms with Crippen LogP contribution in [0, 0.1) is 5.92 Å². The number of halogens is 3. The molecule has 0 radical (unpaired) electrons. The molecular weight excluding hydrogens is 361 g/mol. The predicted octanol–water partition coefficient (Wildman–Crippen LogP) is 4.11. The molecule has 27 heavy (non-hydrogen) atoms. The zero-order valence-corrected chi connectivity index (χ0v) is 14.2. The molecule has 2 aromatic carbocycles. The number of alkyl halides is 3. The van der Waals surface area contributed by atoms with E-state index in [9.17, 15) is 22.8 Å². The van der Waals surface area contributed by atoms with Crippen LogP contribution >= 0.6 is 0 Å². The van der Waals surface area contributed by atoms with Gasteiger partial charge in [0.15, 0.2) is 0 Å². The quantitative estimate of drug-likeness (QED) is 0.823. The first kappa shape index (κ1) is 18.8. The van der Waals surface area contributed by atoms with E-state index in [1.54, 1.807) is 0 Å². The van der Waals surface area contributed by atoms with Gasteiger partial charge < -0.3 is 15.4 Å². The maximum Gasteiger partial charge on any atom is 0.573 e. The first-order valence-electron chi connectivity index (χ1n) is 8.34. The molecule has 0 aliphatic carbocycles. The number of anilines is 2. The third-order valence-electron chi connectivity index (χ3n) is 4.18. The smallest absolute Gasteiger partial charge is 0.406 e. The summed E-state index contributed by atoms with van der Waals surface area (Å²) < 4.78 is 40.6. The van der Waals surface area contributed by atoms with Gasteiger partial charge in [0.1, 0.15) is 5.75 Å². The number of benzene rings is 2. The SMILES string of the molecule is O=C(CCC1Cc2ccccc2NC1=O)Nc1cccc(OC(F)(F)F)c1. The molecule has 0 saturated heterocycles. The van der Waals surface area contributed by atoms with Gasteiger partial charge in [0.2, 0.25) is 11.8 Å². The van der Waals surface area contributed by atoms with Crippen LogP contribution in [0.5, 0.6) is 5.75 Å². The second-order valence-electron chi connectivity index (χ2n) is 6.21. The van der Waals surface area contributed by atoms with Gasteiger partial charge in [-0.1, -0.05) is 24.3 Å². The van der Waals surface area contributed by atoms with Crippen molar-refractivity contribution in [1.29, 1.82) is 0 Å². The number of hydrogen-bond acceptors (Lipinski definition) is 3. The molecule has 0 fully saturated rings. The van der Waals surface area contributed by atoms with Crippen molar-refractivity contribution in [3.05, 3.63) is 54.1 Å². The summed E-state index contributed by atoms with van der Waals surface area (Å²) in [5.74, 6) is -1.26. The first-order valence-corrected chi connectivity index (χ1v) is 8.34. The molecular formula is C19H17F3N2O3. The monoisotopic (exact) mass is 378 g/mol. The Morgan fingerprint density at radius 2 is 1.96 bits per heavy atom. The van der Waals surface area contributed by atoms with Crippen molar-refractivity contribution in [2.45, 2.75) is 25.6 Å². The lowest BCUT2D eigenvalue weighted by Crippen LogP contribution is -2.30. The Kier molecular flexibility index (Phi) is 5.34. The van der Waals surface area contributed by atoms with Gasteiger partial charge in [0.25, 0.3) is 0 Å². The number of ether oxygens (including phenoxy) is 1. The fraction of sp³-hybridized carbons (Fsp3) is 0.263.